The number of nitrogens with zero attached hydrogens (tertiary/aromatic N) is 4. The van der Waals surface area contributed by atoms with Crippen LogP contribution in [0.3, 0.4) is 0 Å². The minimum absolute atomic E-state index is 0.0112. The van der Waals surface area contributed by atoms with Gasteiger partial charge in [-0.1, -0.05) is 54.6 Å². The summed E-state index contributed by atoms with van der Waals surface area (Å²) >= 11 is 0. The first kappa shape index (κ1) is 24.6. The van der Waals surface area contributed by atoms with E-state index in [2.05, 4.69) is 57.0 Å². The molecular weight excluding hydrogens is 440 g/mol. The van der Waals surface area contributed by atoms with E-state index in [1.807, 2.05) is 49.0 Å². The summed E-state index contributed by atoms with van der Waals surface area (Å²) in [6.45, 7) is 5.85. The van der Waals surface area contributed by atoms with Crippen LogP contribution in [-0.4, -0.2) is 61.0 Å². The number of fused-ring (bicyclic) bond motifs is 1. The van der Waals surface area contributed by atoms with Gasteiger partial charge in [-0.05, 0) is 30.7 Å². The van der Waals surface area contributed by atoms with Gasteiger partial charge in [0.1, 0.15) is 11.4 Å². The van der Waals surface area contributed by atoms with Crippen molar-refractivity contribution in [1.82, 2.24) is 20.2 Å². The molecule has 1 aliphatic heterocycles. The Hall–Kier alpha value is -3.49. The number of nitrogens with one attached hydrogen (secondary N) is 2. The number of amides is 1. The van der Waals surface area contributed by atoms with Crippen LogP contribution in [0.5, 0.6) is 0 Å². The molecule has 8 nitrogen and oxygen atoms in total. The Bertz CT molecular complexity index is 1110. The Morgan fingerprint density at radius 1 is 1.06 bits per heavy atom. The van der Waals surface area contributed by atoms with Crippen LogP contribution in [0.2, 0.25) is 0 Å². The maximum atomic E-state index is 13.3. The standard InChI is InChI=1S/C27H34N6O2/c1-4-29-27-30-16-23-25(31-27)32(3)14-15-33(26(23)34)18-20-10-12-21(13-11-20)19-35-24(17-28-2)22-8-6-5-7-9-22/h5-13,16,24,28H,4,14-15,17-19H2,1-3H3,(H,29,30,31). The number of anilines is 2. The van der Waals surface area contributed by atoms with E-state index >= 15 is 0 Å². The molecule has 184 valence electrons. The van der Waals surface area contributed by atoms with Gasteiger partial charge >= 0.3 is 0 Å². The maximum Gasteiger partial charge on any atom is 0.259 e. The molecule has 0 spiro atoms. The zero-order valence-corrected chi connectivity index (χ0v) is 20.7. The lowest BCUT2D eigenvalue weighted by atomic mass is 10.1. The molecule has 1 atom stereocenters. The number of benzene rings is 2. The second kappa shape index (κ2) is 11.8. The normalized spacial score (nSPS) is 14.4. The summed E-state index contributed by atoms with van der Waals surface area (Å²) in [5.41, 5.74) is 3.87. The van der Waals surface area contributed by atoms with Crippen molar-refractivity contribution in [1.29, 1.82) is 0 Å². The second-order valence-corrected chi connectivity index (χ2v) is 8.69. The summed E-state index contributed by atoms with van der Waals surface area (Å²) in [7, 11) is 3.89. The molecule has 0 saturated carbocycles. The second-order valence-electron chi connectivity index (χ2n) is 8.69. The maximum absolute atomic E-state index is 13.3. The topological polar surface area (TPSA) is 82.6 Å². The van der Waals surface area contributed by atoms with Crippen molar-refractivity contribution >= 4 is 17.7 Å². The molecule has 0 radical (unpaired) electrons. The van der Waals surface area contributed by atoms with E-state index in [0.29, 0.717) is 43.6 Å². The van der Waals surface area contributed by atoms with E-state index < -0.39 is 0 Å². The summed E-state index contributed by atoms with van der Waals surface area (Å²) in [5, 5.41) is 6.32. The molecular formula is C27H34N6O2. The van der Waals surface area contributed by atoms with Crippen molar-refractivity contribution in [3.8, 4) is 0 Å². The van der Waals surface area contributed by atoms with E-state index in [1.165, 1.54) is 0 Å². The Balaban J connectivity index is 1.40. The lowest BCUT2D eigenvalue weighted by Gasteiger charge is -2.21. The minimum atomic E-state index is -0.0439. The van der Waals surface area contributed by atoms with Gasteiger partial charge in [-0.15, -0.1) is 0 Å². The largest absolute Gasteiger partial charge is 0.368 e. The number of ether oxygens (including phenoxy) is 1. The fraction of sp³-hybridized carbons (Fsp3) is 0.370. The Morgan fingerprint density at radius 2 is 1.80 bits per heavy atom. The van der Waals surface area contributed by atoms with Crippen LogP contribution >= 0.6 is 0 Å². The van der Waals surface area contributed by atoms with Crippen molar-refractivity contribution < 1.29 is 9.53 Å². The van der Waals surface area contributed by atoms with Gasteiger partial charge in [0, 0.05) is 46.0 Å². The van der Waals surface area contributed by atoms with Crippen LogP contribution in [-0.2, 0) is 17.9 Å². The highest BCUT2D eigenvalue weighted by atomic mass is 16.5. The first-order valence-electron chi connectivity index (χ1n) is 12.1. The lowest BCUT2D eigenvalue weighted by Crippen LogP contribution is -2.33. The predicted octanol–water partition coefficient (Wildman–Crippen LogP) is 3.48. The van der Waals surface area contributed by atoms with Crippen molar-refractivity contribution in [2.45, 2.75) is 26.2 Å². The molecule has 1 unspecified atom stereocenters. The first-order chi connectivity index (χ1) is 17.1. The quantitative estimate of drug-likeness (QED) is 0.466. The molecule has 0 fully saturated rings. The van der Waals surface area contributed by atoms with Gasteiger partial charge in [-0.3, -0.25) is 4.79 Å². The molecule has 0 saturated heterocycles. The summed E-state index contributed by atoms with van der Waals surface area (Å²) < 4.78 is 6.20. The van der Waals surface area contributed by atoms with Crippen LogP contribution in [0.15, 0.2) is 60.8 Å². The van der Waals surface area contributed by atoms with Gasteiger partial charge in [0.15, 0.2) is 0 Å². The van der Waals surface area contributed by atoms with Gasteiger partial charge in [0.2, 0.25) is 5.95 Å². The zero-order chi connectivity index (χ0) is 24.6. The van der Waals surface area contributed by atoms with Crippen LogP contribution in [0.25, 0.3) is 0 Å². The molecule has 0 aliphatic carbocycles. The lowest BCUT2D eigenvalue weighted by molar-refractivity contribution is 0.0410. The summed E-state index contributed by atoms with van der Waals surface area (Å²) in [6, 6.07) is 18.5. The molecule has 4 rings (SSSR count). The molecule has 0 bridgehead atoms. The first-order valence-corrected chi connectivity index (χ1v) is 12.1. The van der Waals surface area contributed by atoms with Crippen molar-refractivity contribution in [2.75, 3.05) is 50.5 Å². The Kier molecular flexibility index (Phi) is 8.28. The van der Waals surface area contributed by atoms with Crippen LogP contribution in [0, 0.1) is 0 Å². The third kappa shape index (κ3) is 6.15. The van der Waals surface area contributed by atoms with E-state index in [0.717, 1.165) is 29.8 Å². The monoisotopic (exact) mass is 474 g/mol. The summed E-state index contributed by atoms with van der Waals surface area (Å²) in [5.74, 6) is 1.17. The molecule has 1 aromatic heterocycles. The highest BCUT2D eigenvalue weighted by Gasteiger charge is 2.27. The molecule has 3 aromatic rings. The highest BCUT2D eigenvalue weighted by Crippen LogP contribution is 2.24. The smallest absolute Gasteiger partial charge is 0.259 e. The van der Waals surface area contributed by atoms with Crippen LogP contribution in [0.4, 0.5) is 11.8 Å². The van der Waals surface area contributed by atoms with Crippen LogP contribution < -0.4 is 15.5 Å². The van der Waals surface area contributed by atoms with Gasteiger partial charge in [0.25, 0.3) is 5.91 Å². The number of carbonyl (C=O) groups excluding carboxylic acids is 1. The number of likely N-dealkylation sites (N-methyl/N-ethyl adjacent to an activating group) is 2. The van der Waals surface area contributed by atoms with Gasteiger partial charge in [0.05, 0.1) is 12.7 Å². The molecule has 8 heteroatoms. The highest BCUT2D eigenvalue weighted by molar-refractivity contribution is 5.99. The van der Waals surface area contributed by atoms with E-state index in [4.69, 9.17) is 4.74 Å². The summed E-state index contributed by atoms with van der Waals surface area (Å²) in [4.78, 5) is 26.0. The number of rotatable bonds is 10. The minimum Gasteiger partial charge on any atom is -0.368 e. The van der Waals surface area contributed by atoms with E-state index in [-0.39, 0.29) is 12.0 Å². The molecule has 2 aromatic carbocycles. The number of aromatic nitrogens is 2. The van der Waals surface area contributed by atoms with Gasteiger partial charge in [-0.2, -0.15) is 4.98 Å². The average Bonchev–Trinajstić information content (AvgIpc) is 3.00. The number of hydrogen-bond acceptors (Lipinski definition) is 7. The zero-order valence-electron chi connectivity index (χ0n) is 20.7. The molecule has 35 heavy (non-hydrogen) atoms. The van der Waals surface area contributed by atoms with Gasteiger partial charge < -0.3 is 25.2 Å². The van der Waals surface area contributed by atoms with Crippen molar-refractivity contribution in [3.63, 3.8) is 0 Å². The van der Waals surface area contributed by atoms with Gasteiger partial charge in [-0.25, -0.2) is 4.98 Å². The van der Waals surface area contributed by atoms with E-state index in [1.54, 1.807) is 6.20 Å². The molecule has 1 aliphatic rings. The molecule has 1 amide bonds. The fourth-order valence-corrected chi connectivity index (χ4v) is 4.14. The molecule has 2 N–H and O–H groups in total. The van der Waals surface area contributed by atoms with Crippen LogP contribution in [0.1, 0.15) is 40.1 Å². The SMILES string of the molecule is CCNc1ncc2c(n1)N(C)CCN(Cc1ccc(COC(CNC)c3ccccc3)cc1)C2=O. The summed E-state index contributed by atoms with van der Waals surface area (Å²) in [6.07, 6.45) is 1.62. The number of hydrogen-bond donors (Lipinski definition) is 2. The molecule has 2 heterocycles. The Morgan fingerprint density at radius 3 is 2.51 bits per heavy atom. The fourth-order valence-electron chi connectivity index (χ4n) is 4.14. The average molecular weight is 475 g/mol. The number of carbonyl (C=O) groups is 1. The third-order valence-electron chi connectivity index (χ3n) is 6.10. The van der Waals surface area contributed by atoms with E-state index in [9.17, 15) is 4.79 Å². The van der Waals surface area contributed by atoms with Crippen molar-refractivity contribution in [2.24, 2.45) is 0 Å². The Labute approximate surface area is 207 Å². The third-order valence-corrected chi connectivity index (χ3v) is 6.10. The predicted molar refractivity (Wildman–Crippen MR) is 139 cm³/mol. The van der Waals surface area contributed by atoms with Crippen molar-refractivity contribution in [3.05, 3.63) is 83.0 Å².